The van der Waals surface area contributed by atoms with Gasteiger partial charge < -0.3 is 10.1 Å². The van der Waals surface area contributed by atoms with Gasteiger partial charge in [0.2, 0.25) is 0 Å². The predicted octanol–water partition coefficient (Wildman–Crippen LogP) is 2.25. The number of nitrogens with one attached hydrogen (secondary N) is 1. The van der Waals surface area contributed by atoms with E-state index in [1.54, 1.807) is 41.5 Å². The average Bonchev–Trinajstić information content (AvgIpc) is 3.20. The Kier molecular flexibility index (Phi) is 6.08. The number of carbonyl (C=O) groups excluding carboxylic acids is 2. The molecular weight excluding hydrogens is 344 g/mol. The van der Waals surface area contributed by atoms with E-state index in [1.807, 2.05) is 36.5 Å². The molecule has 0 spiro atoms. The fourth-order valence-corrected chi connectivity index (χ4v) is 2.28. The van der Waals surface area contributed by atoms with Crippen molar-refractivity contribution >= 4 is 18.0 Å². The monoisotopic (exact) mass is 362 g/mol. The number of amides is 1. The van der Waals surface area contributed by atoms with Gasteiger partial charge in [0.15, 0.2) is 0 Å². The molecular formula is C20H18N4O3. The summed E-state index contributed by atoms with van der Waals surface area (Å²) >= 11 is 0. The van der Waals surface area contributed by atoms with Crippen LogP contribution in [0.1, 0.15) is 15.9 Å². The van der Waals surface area contributed by atoms with Crippen LogP contribution < -0.4 is 5.32 Å². The summed E-state index contributed by atoms with van der Waals surface area (Å²) in [5.74, 6) is -0.724. The number of para-hydroxylation sites is 1. The second kappa shape index (κ2) is 9.10. The van der Waals surface area contributed by atoms with E-state index in [1.165, 1.54) is 6.08 Å². The van der Waals surface area contributed by atoms with Crippen LogP contribution in [-0.2, 0) is 9.53 Å². The molecule has 3 aromatic rings. The molecule has 0 unspecified atom stereocenters. The fourth-order valence-electron chi connectivity index (χ4n) is 2.28. The predicted molar refractivity (Wildman–Crippen MR) is 100 cm³/mol. The average molecular weight is 362 g/mol. The van der Waals surface area contributed by atoms with Gasteiger partial charge in [-0.1, -0.05) is 18.2 Å². The molecule has 1 N–H and O–H groups in total. The van der Waals surface area contributed by atoms with Gasteiger partial charge in [0.25, 0.3) is 5.91 Å². The van der Waals surface area contributed by atoms with Gasteiger partial charge in [-0.15, -0.1) is 0 Å². The van der Waals surface area contributed by atoms with Crippen LogP contribution in [-0.4, -0.2) is 39.8 Å². The van der Waals surface area contributed by atoms with Gasteiger partial charge in [0, 0.05) is 35.8 Å². The molecule has 7 heteroatoms. The lowest BCUT2D eigenvalue weighted by Crippen LogP contribution is -2.27. The molecule has 136 valence electrons. The lowest BCUT2D eigenvalue weighted by molar-refractivity contribution is -0.137. The highest BCUT2D eigenvalue weighted by molar-refractivity contribution is 5.94. The molecule has 0 saturated heterocycles. The Morgan fingerprint density at radius 3 is 2.67 bits per heavy atom. The van der Waals surface area contributed by atoms with E-state index in [2.05, 4.69) is 15.4 Å². The summed E-state index contributed by atoms with van der Waals surface area (Å²) in [7, 11) is 0. The third kappa shape index (κ3) is 5.37. The Balaban J connectivity index is 1.42. The van der Waals surface area contributed by atoms with Crippen LogP contribution in [0, 0.1) is 0 Å². The first-order valence-electron chi connectivity index (χ1n) is 8.35. The number of rotatable bonds is 7. The van der Waals surface area contributed by atoms with Gasteiger partial charge in [0.05, 0.1) is 18.4 Å². The van der Waals surface area contributed by atoms with E-state index >= 15 is 0 Å². The third-order valence-electron chi connectivity index (χ3n) is 3.61. The molecule has 0 saturated carbocycles. The van der Waals surface area contributed by atoms with E-state index in [0.717, 1.165) is 11.3 Å². The van der Waals surface area contributed by atoms with Crippen molar-refractivity contribution in [2.24, 2.45) is 0 Å². The van der Waals surface area contributed by atoms with Crippen LogP contribution in [0.3, 0.4) is 0 Å². The molecule has 0 atom stereocenters. The van der Waals surface area contributed by atoms with E-state index in [0.29, 0.717) is 5.56 Å². The topological polar surface area (TPSA) is 86.1 Å². The van der Waals surface area contributed by atoms with Crippen LogP contribution in [0.2, 0.25) is 0 Å². The first kappa shape index (κ1) is 18.1. The Bertz CT molecular complexity index is 921. The van der Waals surface area contributed by atoms with Gasteiger partial charge in [0.1, 0.15) is 6.61 Å². The van der Waals surface area contributed by atoms with Gasteiger partial charge in [-0.3, -0.25) is 9.78 Å². The van der Waals surface area contributed by atoms with Crippen molar-refractivity contribution in [3.63, 3.8) is 0 Å². The Labute approximate surface area is 156 Å². The van der Waals surface area contributed by atoms with Crippen LogP contribution in [0.25, 0.3) is 11.8 Å². The van der Waals surface area contributed by atoms with E-state index in [-0.39, 0.29) is 19.1 Å². The minimum Gasteiger partial charge on any atom is -0.461 e. The molecule has 0 aliphatic heterocycles. The lowest BCUT2D eigenvalue weighted by atomic mass is 10.2. The van der Waals surface area contributed by atoms with Gasteiger partial charge in [-0.05, 0) is 30.3 Å². The van der Waals surface area contributed by atoms with Crippen molar-refractivity contribution < 1.29 is 14.3 Å². The van der Waals surface area contributed by atoms with E-state index < -0.39 is 5.97 Å². The number of carbonyl (C=O) groups is 2. The molecule has 2 aromatic heterocycles. The maximum absolute atomic E-state index is 11.8. The van der Waals surface area contributed by atoms with Crippen molar-refractivity contribution in [1.29, 1.82) is 0 Å². The molecule has 0 fully saturated rings. The quantitative estimate of drug-likeness (QED) is 0.396. The Morgan fingerprint density at radius 1 is 1.11 bits per heavy atom. The SMILES string of the molecule is O=C(/C=C/c1cnn(-c2ccccc2)c1)OCCNC(=O)c1ccncc1. The highest BCUT2D eigenvalue weighted by Crippen LogP contribution is 2.08. The Hall–Kier alpha value is -3.74. The number of hydrogen-bond donors (Lipinski definition) is 1. The molecule has 2 heterocycles. The van der Waals surface area contributed by atoms with Crippen molar-refractivity contribution in [2.75, 3.05) is 13.2 Å². The van der Waals surface area contributed by atoms with Crippen LogP contribution in [0.15, 0.2) is 73.3 Å². The first-order chi connectivity index (χ1) is 13.2. The standard InChI is InChI=1S/C20H18N4O3/c25-19(27-13-12-22-20(26)17-8-10-21-11-9-17)7-6-16-14-23-24(15-16)18-4-2-1-3-5-18/h1-11,14-15H,12-13H2,(H,22,26)/b7-6+. The fraction of sp³-hybridized carbons (Fsp3) is 0.100. The van der Waals surface area contributed by atoms with E-state index in [9.17, 15) is 9.59 Å². The number of benzene rings is 1. The zero-order chi connectivity index (χ0) is 18.9. The highest BCUT2D eigenvalue weighted by Gasteiger charge is 2.04. The van der Waals surface area contributed by atoms with Crippen LogP contribution in [0.5, 0.6) is 0 Å². The van der Waals surface area contributed by atoms with Gasteiger partial charge >= 0.3 is 5.97 Å². The lowest BCUT2D eigenvalue weighted by Gasteiger charge is -2.05. The number of aromatic nitrogens is 3. The summed E-state index contributed by atoms with van der Waals surface area (Å²) in [4.78, 5) is 27.4. The number of esters is 1. The third-order valence-corrected chi connectivity index (χ3v) is 3.61. The Morgan fingerprint density at radius 2 is 1.89 bits per heavy atom. The number of ether oxygens (including phenoxy) is 1. The summed E-state index contributed by atoms with van der Waals surface area (Å²) < 4.78 is 6.78. The molecule has 0 bridgehead atoms. The molecule has 27 heavy (non-hydrogen) atoms. The molecule has 1 amide bonds. The van der Waals surface area contributed by atoms with Crippen LogP contribution in [0.4, 0.5) is 0 Å². The number of nitrogens with zero attached hydrogens (tertiary/aromatic N) is 3. The second-order valence-corrected chi connectivity index (χ2v) is 5.55. The smallest absolute Gasteiger partial charge is 0.330 e. The number of pyridine rings is 1. The second-order valence-electron chi connectivity index (χ2n) is 5.55. The summed E-state index contributed by atoms with van der Waals surface area (Å²) in [6, 6.07) is 12.9. The molecule has 0 aliphatic rings. The maximum atomic E-state index is 11.8. The zero-order valence-corrected chi connectivity index (χ0v) is 14.5. The maximum Gasteiger partial charge on any atom is 0.330 e. The molecule has 0 aliphatic carbocycles. The van der Waals surface area contributed by atoms with Crippen molar-refractivity contribution in [3.05, 3.63) is 84.5 Å². The molecule has 0 radical (unpaired) electrons. The van der Waals surface area contributed by atoms with E-state index in [4.69, 9.17) is 4.74 Å². The first-order valence-corrected chi connectivity index (χ1v) is 8.35. The summed E-state index contributed by atoms with van der Waals surface area (Å²) in [5, 5.41) is 6.92. The minimum atomic E-state index is -0.486. The minimum absolute atomic E-state index is 0.0866. The molecule has 3 rings (SSSR count). The normalized spacial score (nSPS) is 10.7. The summed E-state index contributed by atoms with van der Waals surface area (Å²) in [6.45, 7) is 0.315. The van der Waals surface area contributed by atoms with Crippen molar-refractivity contribution in [3.8, 4) is 5.69 Å². The summed E-state index contributed by atoms with van der Waals surface area (Å²) in [6.07, 6.45) is 9.51. The van der Waals surface area contributed by atoms with Crippen LogP contribution >= 0.6 is 0 Å². The molecule has 1 aromatic carbocycles. The summed E-state index contributed by atoms with van der Waals surface area (Å²) in [5.41, 5.74) is 2.22. The van der Waals surface area contributed by atoms with Crippen molar-refractivity contribution in [1.82, 2.24) is 20.1 Å². The zero-order valence-electron chi connectivity index (χ0n) is 14.5. The van der Waals surface area contributed by atoms with Gasteiger partial charge in [-0.25, -0.2) is 9.48 Å². The molecule has 7 nitrogen and oxygen atoms in total. The largest absolute Gasteiger partial charge is 0.461 e. The van der Waals surface area contributed by atoms with Gasteiger partial charge in [-0.2, -0.15) is 5.10 Å². The number of hydrogen-bond acceptors (Lipinski definition) is 5. The highest BCUT2D eigenvalue weighted by atomic mass is 16.5. The van der Waals surface area contributed by atoms with Crippen molar-refractivity contribution in [2.45, 2.75) is 0 Å².